The fraction of sp³-hybridized carbons (Fsp3) is 0.800. The van der Waals surface area contributed by atoms with Crippen LogP contribution in [0.5, 0.6) is 0 Å². The van der Waals surface area contributed by atoms with Crippen LogP contribution in [0.4, 0.5) is 0 Å². The Kier molecular flexibility index (Phi) is 4.48. The topological polar surface area (TPSA) is 0 Å². The normalized spacial score (nSPS) is 12.0. The molecule has 0 heterocycles. The second-order valence-electron chi connectivity index (χ2n) is 1.73. The molecule has 0 saturated heterocycles. The molecule has 0 atom stereocenters. The molecule has 0 bridgehead atoms. The fourth-order valence-electron chi connectivity index (χ4n) is 0.362. The zero-order valence-electron chi connectivity index (χ0n) is 4.67. The summed E-state index contributed by atoms with van der Waals surface area (Å²) in [5, 5.41) is 0. The molecule has 0 rings (SSSR count). The van der Waals surface area contributed by atoms with Gasteiger partial charge in [-0.3, -0.25) is 0 Å². The van der Waals surface area contributed by atoms with E-state index in [0.717, 1.165) is 19.3 Å². The van der Waals surface area contributed by atoms with Crippen molar-refractivity contribution in [2.45, 2.75) is 22.7 Å². The average molecular weight is 167 g/mol. The fourth-order valence-corrected chi connectivity index (χ4v) is 0.837. The van der Waals surface area contributed by atoms with Crippen LogP contribution in [0.15, 0.2) is 0 Å². The molecule has 8 heavy (non-hydrogen) atoms. The largest absolute Gasteiger partial charge is 0.151 e. The molecule has 0 aliphatic rings. The molecule has 0 unspecified atom stereocenters. The van der Waals surface area contributed by atoms with Crippen LogP contribution < -0.4 is 0 Å². The van der Waals surface area contributed by atoms with Gasteiger partial charge in [0.1, 0.15) is 0 Å². The predicted octanol–water partition coefficient (Wildman–Crippen LogP) is 2.43. The third-order valence-corrected chi connectivity index (χ3v) is 1.43. The van der Waals surface area contributed by atoms with Crippen LogP contribution in [-0.4, -0.2) is 3.41 Å². The first-order valence-corrected chi connectivity index (χ1v) is 3.87. The van der Waals surface area contributed by atoms with Crippen molar-refractivity contribution in [1.29, 1.82) is 0 Å². The summed E-state index contributed by atoms with van der Waals surface area (Å²) in [5.41, 5.74) is 0. The molecule has 0 aromatic heterocycles. The summed E-state index contributed by atoms with van der Waals surface area (Å²) in [5.74, 6) is 0. The maximum absolute atomic E-state index is 4.09. The molecule has 0 spiro atoms. The van der Waals surface area contributed by atoms with Crippen LogP contribution in [0.1, 0.15) is 19.3 Å². The number of thiol groups is 3. The lowest BCUT2D eigenvalue weighted by molar-refractivity contribution is 0.788. The SMILES string of the molecule is [CH2]CCCC(S)(S)S. The van der Waals surface area contributed by atoms with E-state index in [4.69, 9.17) is 0 Å². The predicted molar refractivity (Wildman–Crippen MR) is 48.9 cm³/mol. The summed E-state index contributed by atoms with van der Waals surface area (Å²) in [7, 11) is 0. The Labute approximate surface area is 67.7 Å². The molecular formula is C5H11S3. The molecule has 0 aromatic rings. The lowest BCUT2D eigenvalue weighted by atomic mass is 10.3. The van der Waals surface area contributed by atoms with Crippen LogP contribution in [0, 0.1) is 6.92 Å². The lowest BCUT2D eigenvalue weighted by Gasteiger charge is -2.13. The van der Waals surface area contributed by atoms with Crippen LogP contribution in [0.25, 0.3) is 0 Å². The number of rotatable bonds is 3. The summed E-state index contributed by atoms with van der Waals surface area (Å²) in [4.78, 5) is 0. The second kappa shape index (κ2) is 3.96. The number of unbranched alkanes of at least 4 members (excludes halogenated alkanes) is 1. The number of hydrogen-bond acceptors (Lipinski definition) is 3. The van der Waals surface area contributed by atoms with Crippen LogP contribution in [0.3, 0.4) is 0 Å². The van der Waals surface area contributed by atoms with Crippen LogP contribution in [0.2, 0.25) is 0 Å². The first kappa shape index (κ1) is 9.05. The Morgan fingerprint density at radius 2 is 1.75 bits per heavy atom. The number of hydrogen-bond donors (Lipinski definition) is 3. The van der Waals surface area contributed by atoms with Crippen LogP contribution >= 0.6 is 37.9 Å². The van der Waals surface area contributed by atoms with Gasteiger partial charge in [0.25, 0.3) is 0 Å². The minimum absolute atomic E-state index is 0.405. The lowest BCUT2D eigenvalue weighted by Crippen LogP contribution is -2.00. The highest BCUT2D eigenvalue weighted by atomic mass is 32.2. The summed E-state index contributed by atoms with van der Waals surface area (Å²) < 4.78 is -0.405. The maximum atomic E-state index is 4.09. The van der Waals surface area contributed by atoms with Crippen molar-refractivity contribution < 1.29 is 0 Å². The van der Waals surface area contributed by atoms with E-state index >= 15 is 0 Å². The standard InChI is InChI=1S/C5H11S3/c1-2-3-4-5(6,7)8/h6-8H,1-4H2. The van der Waals surface area contributed by atoms with Gasteiger partial charge in [-0.1, -0.05) is 19.8 Å². The summed E-state index contributed by atoms with van der Waals surface area (Å²) in [6.45, 7) is 3.69. The van der Waals surface area contributed by atoms with E-state index in [1.54, 1.807) is 0 Å². The molecule has 0 fully saturated rings. The Bertz CT molecular complexity index is 55.2. The van der Waals surface area contributed by atoms with Crippen molar-refractivity contribution in [3.05, 3.63) is 6.92 Å². The van der Waals surface area contributed by atoms with E-state index in [1.807, 2.05) is 0 Å². The van der Waals surface area contributed by atoms with Gasteiger partial charge in [0.15, 0.2) is 0 Å². The van der Waals surface area contributed by atoms with Gasteiger partial charge in [0, 0.05) is 0 Å². The van der Waals surface area contributed by atoms with Gasteiger partial charge in [-0.2, -0.15) is 37.9 Å². The minimum atomic E-state index is -0.405. The molecule has 1 radical (unpaired) electrons. The van der Waals surface area contributed by atoms with Gasteiger partial charge in [0.05, 0.1) is 3.41 Å². The molecule has 3 heteroatoms. The molecule has 0 amide bonds. The van der Waals surface area contributed by atoms with Gasteiger partial charge in [-0.25, -0.2) is 0 Å². The minimum Gasteiger partial charge on any atom is -0.151 e. The van der Waals surface area contributed by atoms with Crippen molar-refractivity contribution in [2.24, 2.45) is 0 Å². The summed E-state index contributed by atoms with van der Waals surface area (Å²) in [6, 6.07) is 0. The van der Waals surface area contributed by atoms with Crippen molar-refractivity contribution >= 4 is 37.9 Å². The van der Waals surface area contributed by atoms with Gasteiger partial charge >= 0.3 is 0 Å². The molecule has 0 aliphatic heterocycles. The Balaban J connectivity index is 3.11. The third-order valence-electron chi connectivity index (χ3n) is 0.762. The molecule has 49 valence electrons. The first-order valence-electron chi connectivity index (χ1n) is 2.52. The molecule has 0 aromatic carbocycles. The average Bonchev–Trinajstić information content (AvgIpc) is 1.59. The van der Waals surface area contributed by atoms with Gasteiger partial charge in [-0.15, -0.1) is 0 Å². The molecule has 0 nitrogen and oxygen atoms in total. The first-order chi connectivity index (χ1) is 3.56. The Morgan fingerprint density at radius 1 is 1.25 bits per heavy atom. The van der Waals surface area contributed by atoms with Gasteiger partial charge < -0.3 is 0 Å². The Hall–Kier alpha value is 1.05. The Morgan fingerprint density at radius 3 is 1.88 bits per heavy atom. The van der Waals surface area contributed by atoms with Crippen molar-refractivity contribution in [3.8, 4) is 0 Å². The monoisotopic (exact) mass is 167 g/mol. The highest BCUT2D eigenvalue weighted by Crippen LogP contribution is 2.29. The van der Waals surface area contributed by atoms with E-state index in [9.17, 15) is 0 Å². The van der Waals surface area contributed by atoms with Gasteiger partial charge in [-0.05, 0) is 6.42 Å². The molecule has 0 aliphatic carbocycles. The van der Waals surface area contributed by atoms with Crippen molar-refractivity contribution in [3.63, 3.8) is 0 Å². The van der Waals surface area contributed by atoms with E-state index < -0.39 is 3.41 Å². The van der Waals surface area contributed by atoms with E-state index in [0.29, 0.717) is 0 Å². The zero-order valence-corrected chi connectivity index (χ0v) is 7.35. The maximum Gasteiger partial charge on any atom is 0.0980 e. The summed E-state index contributed by atoms with van der Waals surface area (Å²) in [6.07, 6.45) is 2.87. The van der Waals surface area contributed by atoms with E-state index in [-0.39, 0.29) is 0 Å². The zero-order chi connectivity index (χ0) is 6.62. The smallest absolute Gasteiger partial charge is 0.0980 e. The van der Waals surface area contributed by atoms with Crippen molar-refractivity contribution in [1.82, 2.24) is 0 Å². The van der Waals surface area contributed by atoms with Gasteiger partial charge in [0.2, 0.25) is 0 Å². The summed E-state index contributed by atoms with van der Waals surface area (Å²) >= 11 is 12.3. The second-order valence-corrected chi connectivity index (χ2v) is 5.08. The molecular weight excluding hydrogens is 156 g/mol. The molecule has 0 saturated carbocycles. The van der Waals surface area contributed by atoms with E-state index in [1.165, 1.54) is 0 Å². The van der Waals surface area contributed by atoms with Crippen molar-refractivity contribution in [2.75, 3.05) is 0 Å². The highest BCUT2D eigenvalue weighted by Gasteiger charge is 2.11. The van der Waals surface area contributed by atoms with E-state index in [2.05, 4.69) is 44.8 Å². The highest BCUT2D eigenvalue weighted by molar-refractivity contribution is 8.16. The quantitative estimate of drug-likeness (QED) is 0.417. The van der Waals surface area contributed by atoms with Crippen LogP contribution in [-0.2, 0) is 0 Å². The third kappa shape index (κ3) is 7.05. The molecule has 0 N–H and O–H groups in total.